The summed E-state index contributed by atoms with van der Waals surface area (Å²) in [5.74, 6) is 0. The number of aromatic nitrogens is 1. The topological polar surface area (TPSA) is 42.2 Å². The summed E-state index contributed by atoms with van der Waals surface area (Å²) in [6.45, 7) is 0.267. The SMILES string of the molecule is C[n+]1csc2cc(NC(=O)OCc3ccccc3)ccc21. The van der Waals surface area contributed by atoms with E-state index in [1.165, 1.54) is 0 Å². The summed E-state index contributed by atoms with van der Waals surface area (Å²) in [7, 11) is 2.00. The van der Waals surface area contributed by atoms with E-state index < -0.39 is 6.09 Å². The van der Waals surface area contributed by atoms with E-state index in [0.29, 0.717) is 0 Å². The van der Waals surface area contributed by atoms with Gasteiger partial charge in [0.15, 0.2) is 0 Å². The maximum absolute atomic E-state index is 11.8. The zero-order valence-corrected chi connectivity index (χ0v) is 12.4. The highest BCUT2D eigenvalue weighted by Crippen LogP contribution is 2.20. The monoisotopic (exact) mass is 299 g/mol. The molecule has 0 fully saturated rings. The number of hydrogen-bond acceptors (Lipinski definition) is 3. The Hall–Kier alpha value is -2.40. The highest BCUT2D eigenvalue weighted by molar-refractivity contribution is 7.16. The van der Waals surface area contributed by atoms with Gasteiger partial charge in [-0.15, -0.1) is 0 Å². The fourth-order valence-electron chi connectivity index (χ4n) is 2.05. The first-order valence-corrected chi connectivity index (χ1v) is 7.45. The first kappa shape index (κ1) is 13.6. The van der Waals surface area contributed by atoms with Crippen molar-refractivity contribution in [3.63, 3.8) is 0 Å². The molecule has 106 valence electrons. The van der Waals surface area contributed by atoms with E-state index in [0.717, 1.165) is 21.5 Å². The fraction of sp³-hybridized carbons (Fsp3) is 0.125. The van der Waals surface area contributed by atoms with Crippen LogP contribution in [0.4, 0.5) is 10.5 Å². The number of amides is 1. The van der Waals surface area contributed by atoms with Crippen molar-refractivity contribution in [3.05, 3.63) is 59.6 Å². The second-order valence-corrected chi connectivity index (χ2v) is 5.59. The molecule has 4 nitrogen and oxygen atoms in total. The number of nitrogens with one attached hydrogen (secondary N) is 1. The minimum Gasteiger partial charge on any atom is -0.444 e. The number of rotatable bonds is 3. The van der Waals surface area contributed by atoms with Crippen LogP contribution in [0.15, 0.2) is 54.0 Å². The summed E-state index contributed by atoms with van der Waals surface area (Å²) in [5.41, 5.74) is 4.88. The van der Waals surface area contributed by atoms with Crippen molar-refractivity contribution in [2.24, 2.45) is 7.05 Å². The Morgan fingerprint density at radius 2 is 2.05 bits per heavy atom. The first-order chi connectivity index (χ1) is 10.2. The number of hydrogen-bond donors (Lipinski definition) is 1. The Balaban J connectivity index is 1.63. The van der Waals surface area contributed by atoms with E-state index in [2.05, 4.69) is 9.88 Å². The van der Waals surface area contributed by atoms with Gasteiger partial charge in [-0.2, -0.15) is 4.57 Å². The zero-order chi connectivity index (χ0) is 14.7. The lowest BCUT2D eigenvalue weighted by Crippen LogP contribution is -2.24. The molecule has 0 bridgehead atoms. The van der Waals surface area contributed by atoms with E-state index >= 15 is 0 Å². The summed E-state index contributed by atoms with van der Waals surface area (Å²) in [6.07, 6.45) is -0.445. The fourth-order valence-corrected chi connectivity index (χ4v) is 2.96. The molecule has 1 N–H and O–H groups in total. The third-order valence-corrected chi connectivity index (χ3v) is 4.14. The van der Waals surface area contributed by atoms with E-state index in [-0.39, 0.29) is 6.61 Å². The average Bonchev–Trinajstić information content (AvgIpc) is 2.87. The molecule has 0 aliphatic rings. The number of fused-ring (bicyclic) bond motifs is 1. The van der Waals surface area contributed by atoms with Crippen molar-refractivity contribution in [1.82, 2.24) is 0 Å². The van der Waals surface area contributed by atoms with Crippen LogP contribution in [0.25, 0.3) is 10.2 Å². The van der Waals surface area contributed by atoms with Gasteiger partial charge in [0.05, 0.1) is 0 Å². The van der Waals surface area contributed by atoms with Crippen molar-refractivity contribution < 1.29 is 14.1 Å². The van der Waals surface area contributed by atoms with Gasteiger partial charge in [-0.1, -0.05) is 41.7 Å². The number of aryl methyl sites for hydroxylation is 1. The predicted molar refractivity (Wildman–Crippen MR) is 83.3 cm³/mol. The van der Waals surface area contributed by atoms with Crippen LogP contribution in [0.3, 0.4) is 0 Å². The maximum Gasteiger partial charge on any atom is 0.411 e. The Morgan fingerprint density at radius 3 is 2.86 bits per heavy atom. The van der Waals surface area contributed by atoms with Crippen molar-refractivity contribution >= 4 is 33.3 Å². The van der Waals surface area contributed by atoms with Gasteiger partial charge in [0, 0.05) is 11.8 Å². The highest BCUT2D eigenvalue weighted by Gasteiger charge is 2.10. The molecule has 0 spiro atoms. The smallest absolute Gasteiger partial charge is 0.411 e. The van der Waals surface area contributed by atoms with Gasteiger partial charge in [-0.3, -0.25) is 5.32 Å². The van der Waals surface area contributed by atoms with Crippen LogP contribution >= 0.6 is 11.3 Å². The van der Waals surface area contributed by atoms with Gasteiger partial charge in [-0.05, 0) is 17.7 Å². The number of anilines is 1. The number of nitrogens with zero attached hydrogens (tertiary/aromatic N) is 1. The third-order valence-electron chi connectivity index (χ3n) is 3.14. The lowest BCUT2D eigenvalue weighted by Gasteiger charge is -2.06. The maximum atomic E-state index is 11.8. The minimum atomic E-state index is -0.445. The van der Waals surface area contributed by atoms with Crippen molar-refractivity contribution in [2.45, 2.75) is 6.61 Å². The van der Waals surface area contributed by atoms with Gasteiger partial charge in [0.25, 0.3) is 0 Å². The summed E-state index contributed by atoms with van der Waals surface area (Å²) in [4.78, 5) is 11.8. The molecule has 0 aliphatic heterocycles. The predicted octanol–water partition coefficient (Wildman–Crippen LogP) is 3.47. The molecule has 0 saturated carbocycles. The van der Waals surface area contributed by atoms with E-state index in [1.807, 2.05) is 61.1 Å². The Morgan fingerprint density at radius 1 is 1.24 bits per heavy atom. The minimum absolute atomic E-state index is 0.267. The van der Waals surface area contributed by atoms with Gasteiger partial charge < -0.3 is 4.74 Å². The lowest BCUT2D eigenvalue weighted by atomic mass is 10.2. The van der Waals surface area contributed by atoms with Gasteiger partial charge in [0.2, 0.25) is 11.0 Å². The first-order valence-electron chi connectivity index (χ1n) is 6.57. The Labute approximate surface area is 126 Å². The van der Waals surface area contributed by atoms with Crippen LogP contribution in [-0.2, 0) is 18.4 Å². The summed E-state index contributed by atoms with van der Waals surface area (Å²) in [5, 5.41) is 2.75. The van der Waals surface area contributed by atoms with Crippen LogP contribution in [0.5, 0.6) is 0 Å². The molecule has 2 aromatic carbocycles. The molecule has 0 unspecified atom stereocenters. The quantitative estimate of drug-likeness (QED) is 0.752. The Kier molecular flexibility index (Phi) is 3.83. The molecule has 0 saturated heterocycles. The number of carbonyl (C=O) groups excluding carboxylic acids is 1. The number of thiazole rings is 1. The van der Waals surface area contributed by atoms with Crippen molar-refractivity contribution in [2.75, 3.05) is 5.32 Å². The molecule has 1 aromatic heterocycles. The van der Waals surface area contributed by atoms with Gasteiger partial charge in [-0.25, -0.2) is 4.79 Å². The van der Waals surface area contributed by atoms with E-state index in [1.54, 1.807) is 11.3 Å². The summed E-state index contributed by atoms with van der Waals surface area (Å²) in [6, 6.07) is 15.4. The number of carbonyl (C=O) groups is 1. The van der Waals surface area contributed by atoms with Gasteiger partial charge in [0.1, 0.15) is 18.4 Å². The molecule has 0 atom stereocenters. The molecule has 3 aromatic rings. The summed E-state index contributed by atoms with van der Waals surface area (Å²) >= 11 is 1.64. The van der Waals surface area contributed by atoms with Crippen LogP contribution in [0.1, 0.15) is 5.56 Å². The summed E-state index contributed by atoms with van der Waals surface area (Å²) < 4.78 is 8.37. The third kappa shape index (κ3) is 3.20. The highest BCUT2D eigenvalue weighted by atomic mass is 32.1. The van der Waals surface area contributed by atoms with Crippen molar-refractivity contribution in [1.29, 1.82) is 0 Å². The van der Waals surface area contributed by atoms with E-state index in [4.69, 9.17) is 4.74 Å². The molecule has 1 amide bonds. The average molecular weight is 299 g/mol. The molecule has 0 radical (unpaired) electrons. The lowest BCUT2D eigenvalue weighted by molar-refractivity contribution is -0.640. The second-order valence-electron chi connectivity index (χ2n) is 4.70. The Bertz CT molecular complexity index is 768. The number of benzene rings is 2. The molecular formula is C16H15N2O2S+. The standard InChI is InChI=1S/C16H14N2O2S/c1-18-11-21-15-9-13(7-8-14(15)18)17-16(19)20-10-12-5-3-2-4-6-12/h2-9,11H,10H2,1H3/p+1. The van der Waals surface area contributed by atoms with Crippen LogP contribution in [0, 0.1) is 0 Å². The number of ether oxygens (including phenoxy) is 1. The van der Waals surface area contributed by atoms with Crippen LogP contribution in [-0.4, -0.2) is 6.09 Å². The molecule has 1 heterocycles. The molecule has 0 aliphatic carbocycles. The second kappa shape index (κ2) is 5.93. The largest absolute Gasteiger partial charge is 0.444 e. The zero-order valence-electron chi connectivity index (χ0n) is 11.6. The van der Waals surface area contributed by atoms with Crippen molar-refractivity contribution in [3.8, 4) is 0 Å². The van der Waals surface area contributed by atoms with E-state index in [9.17, 15) is 4.79 Å². The molecule has 5 heteroatoms. The van der Waals surface area contributed by atoms with Gasteiger partial charge >= 0.3 is 6.09 Å². The molecule has 3 rings (SSSR count). The normalized spacial score (nSPS) is 10.5. The van der Waals surface area contributed by atoms with Crippen LogP contribution in [0.2, 0.25) is 0 Å². The molecule has 21 heavy (non-hydrogen) atoms. The molecular weight excluding hydrogens is 284 g/mol. The van der Waals surface area contributed by atoms with Crippen LogP contribution < -0.4 is 9.88 Å².